The van der Waals surface area contributed by atoms with Crippen molar-refractivity contribution in [3.8, 4) is 5.75 Å². The Kier molecular flexibility index (Phi) is 5.76. The highest BCUT2D eigenvalue weighted by atomic mass is 35.5. The lowest BCUT2D eigenvalue weighted by atomic mass is 10.1. The molecule has 1 aromatic heterocycles. The second kappa shape index (κ2) is 8.02. The third kappa shape index (κ3) is 4.83. The van der Waals surface area contributed by atoms with Crippen LogP contribution in [0.1, 0.15) is 40.9 Å². The quantitative estimate of drug-likeness (QED) is 0.633. The predicted molar refractivity (Wildman–Crippen MR) is 99.5 cm³/mol. The molecule has 1 aliphatic carbocycles. The molecular weight excluding hydrogens is 358 g/mol. The average molecular weight is 378 g/mol. The number of thiophene rings is 1. The van der Waals surface area contributed by atoms with Crippen molar-refractivity contribution in [1.82, 2.24) is 4.90 Å². The molecule has 0 N–H and O–H groups in total. The number of Topliss-reactive ketones (excluding diaryl/α,β-unsaturated/α-hetero) is 1. The summed E-state index contributed by atoms with van der Waals surface area (Å²) in [4.78, 5) is 27.3. The minimum absolute atomic E-state index is 0.0227. The molecule has 4 nitrogen and oxygen atoms in total. The van der Waals surface area contributed by atoms with Gasteiger partial charge in [-0.1, -0.05) is 23.7 Å². The van der Waals surface area contributed by atoms with Crippen LogP contribution in [0.4, 0.5) is 0 Å². The number of ether oxygens (including phenoxy) is 1. The van der Waals surface area contributed by atoms with Gasteiger partial charge in [-0.05, 0) is 42.7 Å². The molecule has 6 heteroatoms. The summed E-state index contributed by atoms with van der Waals surface area (Å²) in [6.45, 7) is 0.576. The zero-order chi connectivity index (χ0) is 17.8. The standard InChI is InChI=1S/C19H20ClNO3S/c1-24-15-6-2-13(3-7-15)12-21(14-4-5-14)19(23)11-8-16(22)17-9-10-18(20)25-17/h2-3,6-7,9-10,14H,4-5,8,11-12H2,1H3. The summed E-state index contributed by atoms with van der Waals surface area (Å²) in [5, 5.41) is 0. The van der Waals surface area contributed by atoms with Crippen LogP contribution in [0.2, 0.25) is 4.34 Å². The van der Waals surface area contributed by atoms with Gasteiger partial charge in [-0.15, -0.1) is 11.3 Å². The lowest BCUT2D eigenvalue weighted by molar-refractivity contribution is -0.132. The van der Waals surface area contributed by atoms with Crippen molar-refractivity contribution in [3.63, 3.8) is 0 Å². The fourth-order valence-electron chi connectivity index (χ4n) is 2.69. The molecule has 3 rings (SSSR count). The Labute approximate surface area is 156 Å². The zero-order valence-electron chi connectivity index (χ0n) is 14.0. The molecule has 1 heterocycles. The van der Waals surface area contributed by atoms with Crippen LogP contribution < -0.4 is 4.74 Å². The monoisotopic (exact) mass is 377 g/mol. The smallest absolute Gasteiger partial charge is 0.223 e. The molecule has 1 saturated carbocycles. The summed E-state index contributed by atoms with van der Waals surface area (Å²) in [6.07, 6.45) is 2.54. The number of hydrogen-bond donors (Lipinski definition) is 0. The maximum absolute atomic E-state index is 12.6. The number of nitrogens with zero attached hydrogens (tertiary/aromatic N) is 1. The molecule has 1 aliphatic rings. The minimum Gasteiger partial charge on any atom is -0.497 e. The van der Waals surface area contributed by atoms with E-state index in [1.165, 1.54) is 11.3 Å². The Hall–Kier alpha value is -1.85. The Bertz CT molecular complexity index is 752. The zero-order valence-corrected chi connectivity index (χ0v) is 15.6. The molecule has 2 aromatic rings. The molecule has 0 spiro atoms. The van der Waals surface area contributed by atoms with Crippen LogP contribution in [0, 0.1) is 0 Å². The van der Waals surface area contributed by atoms with Gasteiger partial charge in [-0.25, -0.2) is 0 Å². The van der Waals surface area contributed by atoms with E-state index in [4.69, 9.17) is 16.3 Å². The molecule has 0 aliphatic heterocycles. The van der Waals surface area contributed by atoms with Crippen LogP contribution in [-0.2, 0) is 11.3 Å². The van der Waals surface area contributed by atoms with Crippen LogP contribution in [0.15, 0.2) is 36.4 Å². The van der Waals surface area contributed by atoms with Gasteiger partial charge in [0.05, 0.1) is 16.3 Å². The van der Waals surface area contributed by atoms with Gasteiger partial charge in [-0.2, -0.15) is 0 Å². The van der Waals surface area contributed by atoms with Gasteiger partial charge in [-0.3, -0.25) is 9.59 Å². The highest BCUT2D eigenvalue weighted by Crippen LogP contribution is 2.30. The number of ketones is 1. The maximum atomic E-state index is 12.6. The number of carbonyl (C=O) groups is 2. The van der Waals surface area contributed by atoms with E-state index in [1.807, 2.05) is 29.2 Å². The van der Waals surface area contributed by atoms with Crippen molar-refractivity contribution in [2.45, 2.75) is 38.3 Å². The predicted octanol–water partition coefficient (Wildman–Crippen LogP) is 4.56. The van der Waals surface area contributed by atoms with Gasteiger partial charge in [0.15, 0.2) is 5.78 Å². The van der Waals surface area contributed by atoms with Crippen LogP contribution in [-0.4, -0.2) is 29.7 Å². The lowest BCUT2D eigenvalue weighted by Crippen LogP contribution is -2.32. The van der Waals surface area contributed by atoms with Gasteiger partial charge >= 0.3 is 0 Å². The van der Waals surface area contributed by atoms with Crippen molar-refractivity contribution < 1.29 is 14.3 Å². The van der Waals surface area contributed by atoms with E-state index < -0.39 is 0 Å². The molecule has 0 unspecified atom stereocenters. The lowest BCUT2D eigenvalue weighted by Gasteiger charge is -2.22. The Balaban J connectivity index is 1.58. The molecule has 0 saturated heterocycles. The number of hydrogen-bond acceptors (Lipinski definition) is 4. The summed E-state index contributed by atoms with van der Waals surface area (Å²) < 4.78 is 5.76. The molecule has 1 aromatic carbocycles. The molecular formula is C19H20ClNO3S. The van der Waals surface area contributed by atoms with Crippen LogP contribution >= 0.6 is 22.9 Å². The number of rotatable bonds is 8. The normalized spacial score (nSPS) is 13.5. The highest BCUT2D eigenvalue weighted by molar-refractivity contribution is 7.18. The third-order valence-corrected chi connectivity index (χ3v) is 5.51. The highest BCUT2D eigenvalue weighted by Gasteiger charge is 2.32. The van der Waals surface area contributed by atoms with Gasteiger partial charge in [0.1, 0.15) is 5.75 Å². The first kappa shape index (κ1) is 18.0. The number of benzene rings is 1. The van der Waals surface area contributed by atoms with E-state index in [0.29, 0.717) is 21.8 Å². The summed E-state index contributed by atoms with van der Waals surface area (Å²) in [5.74, 6) is 0.813. The van der Waals surface area contributed by atoms with E-state index in [-0.39, 0.29) is 24.5 Å². The van der Waals surface area contributed by atoms with E-state index in [0.717, 1.165) is 24.2 Å². The SMILES string of the molecule is COc1ccc(CN(C(=O)CCC(=O)c2ccc(Cl)s2)C2CC2)cc1. The van der Waals surface area contributed by atoms with Crippen molar-refractivity contribution >= 4 is 34.6 Å². The molecule has 1 fully saturated rings. The number of amides is 1. The first-order chi connectivity index (χ1) is 12.1. The van der Waals surface area contributed by atoms with Gasteiger partial charge in [0, 0.05) is 25.4 Å². The topological polar surface area (TPSA) is 46.6 Å². The van der Waals surface area contributed by atoms with Crippen molar-refractivity contribution in [2.24, 2.45) is 0 Å². The fraction of sp³-hybridized carbons (Fsp3) is 0.368. The van der Waals surface area contributed by atoms with E-state index in [9.17, 15) is 9.59 Å². The Morgan fingerprint density at radius 2 is 1.88 bits per heavy atom. The second-order valence-electron chi connectivity index (χ2n) is 6.13. The number of halogens is 1. The molecule has 1 amide bonds. The molecule has 132 valence electrons. The van der Waals surface area contributed by atoms with Gasteiger partial charge in [0.2, 0.25) is 5.91 Å². The minimum atomic E-state index is -0.0227. The molecule has 0 radical (unpaired) electrons. The third-order valence-electron chi connectivity index (χ3n) is 4.23. The number of methoxy groups -OCH3 is 1. The summed E-state index contributed by atoms with van der Waals surface area (Å²) in [7, 11) is 1.63. The van der Waals surface area contributed by atoms with E-state index in [2.05, 4.69) is 0 Å². The molecule has 25 heavy (non-hydrogen) atoms. The summed E-state index contributed by atoms with van der Waals surface area (Å²) in [5.41, 5.74) is 1.07. The second-order valence-corrected chi connectivity index (χ2v) is 7.84. The maximum Gasteiger partial charge on any atom is 0.223 e. The Morgan fingerprint density at radius 1 is 1.16 bits per heavy atom. The average Bonchev–Trinajstić information content (AvgIpc) is 3.38. The summed E-state index contributed by atoms with van der Waals surface area (Å²) in [6, 6.07) is 11.5. The fourth-order valence-corrected chi connectivity index (χ4v) is 3.70. The molecule has 0 bridgehead atoms. The van der Waals surface area contributed by atoms with Crippen LogP contribution in [0.3, 0.4) is 0 Å². The van der Waals surface area contributed by atoms with Crippen molar-refractivity contribution in [3.05, 3.63) is 51.2 Å². The van der Waals surface area contributed by atoms with Crippen LogP contribution in [0.5, 0.6) is 5.75 Å². The van der Waals surface area contributed by atoms with Crippen LogP contribution in [0.25, 0.3) is 0 Å². The largest absolute Gasteiger partial charge is 0.497 e. The van der Waals surface area contributed by atoms with Crippen molar-refractivity contribution in [2.75, 3.05) is 7.11 Å². The Morgan fingerprint density at radius 3 is 2.44 bits per heavy atom. The van der Waals surface area contributed by atoms with Gasteiger partial charge < -0.3 is 9.64 Å². The summed E-state index contributed by atoms with van der Waals surface area (Å²) >= 11 is 7.12. The first-order valence-corrected chi connectivity index (χ1v) is 9.47. The molecule has 0 atom stereocenters. The van der Waals surface area contributed by atoms with Crippen molar-refractivity contribution in [1.29, 1.82) is 0 Å². The van der Waals surface area contributed by atoms with E-state index >= 15 is 0 Å². The number of carbonyl (C=O) groups excluding carboxylic acids is 2. The van der Waals surface area contributed by atoms with E-state index in [1.54, 1.807) is 19.2 Å². The first-order valence-electron chi connectivity index (χ1n) is 8.28. The van der Waals surface area contributed by atoms with Gasteiger partial charge in [0.25, 0.3) is 0 Å².